The number of aromatic nitrogens is 2. The molecule has 1 rings (SSSR count). The van der Waals surface area contributed by atoms with E-state index < -0.39 is 0 Å². The van der Waals surface area contributed by atoms with Crippen molar-refractivity contribution in [3.05, 3.63) is 18.7 Å². The zero-order valence-electron chi connectivity index (χ0n) is 14.6. The van der Waals surface area contributed by atoms with E-state index in [-0.39, 0.29) is 17.8 Å². The van der Waals surface area contributed by atoms with E-state index in [2.05, 4.69) is 16.5 Å². The van der Waals surface area contributed by atoms with Crippen LogP contribution in [0.4, 0.5) is 0 Å². The number of imidazole rings is 1. The Morgan fingerprint density at radius 2 is 1.61 bits per heavy atom. The Balaban J connectivity index is 0.00000484. The number of unbranched alkanes of at least 4 members (excludes halogenated alkanes) is 9. The fraction of sp³-hybridized carbons (Fsp3) is 0.833. The van der Waals surface area contributed by atoms with Crippen LogP contribution in [0.25, 0.3) is 0 Å². The van der Waals surface area contributed by atoms with Crippen LogP contribution < -0.4 is 0 Å². The molecular formula is C18H34Cl2N2S. The van der Waals surface area contributed by atoms with Crippen LogP contribution in [0, 0.1) is 0 Å². The molecule has 0 saturated carbocycles. The van der Waals surface area contributed by atoms with Gasteiger partial charge < -0.3 is 4.57 Å². The van der Waals surface area contributed by atoms with Crippen LogP contribution in [0.5, 0.6) is 0 Å². The van der Waals surface area contributed by atoms with E-state index in [0.717, 1.165) is 12.3 Å². The average Bonchev–Trinajstić information content (AvgIpc) is 3.01. The Morgan fingerprint density at radius 3 is 2.17 bits per heavy atom. The Labute approximate surface area is 158 Å². The molecule has 0 aromatic carbocycles. The van der Waals surface area contributed by atoms with Gasteiger partial charge in [-0.05, 0) is 12.2 Å². The third-order valence-electron chi connectivity index (χ3n) is 3.91. The molecule has 1 heterocycles. The van der Waals surface area contributed by atoms with Crippen molar-refractivity contribution in [3.8, 4) is 0 Å². The van der Waals surface area contributed by atoms with Gasteiger partial charge >= 0.3 is 0 Å². The third-order valence-corrected chi connectivity index (χ3v) is 5.60. The van der Waals surface area contributed by atoms with Crippen molar-refractivity contribution >= 4 is 35.8 Å². The maximum atomic E-state index is 6.34. The Hall–Kier alpha value is 0.140. The van der Waals surface area contributed by atoms with E-state index in [1.165, 1.54) is 70.0 Å². The number of thioether (sulfide) groups is 1. The van der Waals surface area contributed by atoms with E-state index in [1.807, 2.05) is 24.3 Å². The molecule has 23 heavy (non-hydrogen) atoms. The molecule has 0 spiro atoms. The number of hydrogen-bond donors (Lipinski definition) is 0. The largest absolute Gasteiger partial charge is 0.336 e. The second-order valence-electron chi connectivity index (χ2n) is 6.11. The maximum absolute atomic E-state index is 6.34. The van der Waals surface area contributed by atoms with Crippen LogP contribution in [0.2, 0.25) is 0 Å². The standard InChI is InChI=1S/C18H33ClN2S.ClH/c1-2-3-4-5-6-7-8-9-10-11-14-22-16-18(19)15-21-13-12-20-17-21;/h12-13,17-18H,2-11,14-16H2,1H3;1H. The quantitative estimate of drug-likeness (QED) is 0.253. The molecule has 5 heteroatoms. The Kier molecular flexibility index (Phi) is 17.1. The number of alkyl halides is 1. The second-order valence-corrected chi connectivity index (χ2v) is 7.88. The summed E-state index contributed by atoms with van der Waals surface area (Å²) in [5.74, 6) is 2.29. The topological polar surface area (TPSA) is 17.8 Å². The minimum absolute atomic E-state index is 0. The highest BCUT2D eigenvalue weighted by atomic mass is 35.5. The number of halogens is 2. The van der Waals surface area contributed by atoms with Gasteiger partial charge in [0.05, 0.1) is 11.7 Å². The number of hydrogen-bond acceptors (Lipinski definition) is 2. The normalized spacial score (nSPS) is 12.1. The maximum Gasteiger partial charge on any atom is 0.0946 e. The summed E-state index contributed by atoms with van der Waals surface area (Å²) in [5.41, 5.74) is 0. The van der Waals surface area contributed by atoms with Crippen molar-refractivity contribution in [2.24, 2.45) is 0 Å². The van der Waals surface area contributed by atoms with E-state index in [9.17, 15) is 0 Å². The molecule has 0 aliphatic rings. The van der Waals surface area contributed by atoms with Gasteiger partial charge in [-0.3, -0.25) is 0 Å². The molecule has 1 atom stereocenters. The minimum atomic E-state index is 0. The highest BCUT2D eigenvalue weighted by Gasteiger charge is 2.05. The lowest BCUT2D eigenvalue weighted by molar-refractivity contribution is 0.563. The molecule has 0 amide bonds. The predicted octanol–water partition coefficient (Wildman–Crippen LogP) is 6.57. The van der Waals surface area contributed by atoms with Crippen LogP contribution in [0.1, 0.15) is 71.1 Å². The van der Waals surface area contributed by atoms with E-state index in [1.54, 1.807) is 6.20 Å². The van der Waals surface area contributed by atoms with E-state index in [4.69, 9.17) is 11.6 Å². The number of rotatable bonds is 15. The minimum Gasteiger partial charge on any atom is -0.336 e. The monoisotopic (exact) mass is 380 g/mol. The molecule has 0 fully saturated rings. The summed E-state index contributed by atoms with van der Waals surface area (Å²) in [6, 6.07) is 0. The molecule has 0 radical (unpaired) electrons. The smallest absolute Gasteiger partial charge is 0.0946 e. The average molecular weight is 381 g/mol. The summed E-state index contributed by atoms with van der Waals surface area (Å²) >= 11 is 8.33. The zero-order chi connectivity index (χ0) is 15.9. The van der Waals surface area contributed by atoms with Crippen molar-refractivity contribution < 1.29 is 0 Å². The molecule has 0 aliphatic heterocycles. The molecule has 0 aliphatic carbocycles. The third kappa shape index (κ3) is 14.2. The highest BCUT2D eigenvalue weighted by Crippen LogP contribution is 2.15. The van der Waals surface area contributed by atoms with Crippen molar-refractivity contribution in [3.63, 3.8) is 0 Å². The Morgan fingerprint density at radius 1 is 1.00 bits per heavy atom. The van der Waals surface area contributed by atoms with Crippen LogP contribution >= 0.6 is 35.8 Å². The summed E-state index contributed by atoms with van der Waals surface area (Å²) < 4.78 is 2.05. The lowest BCUT2D eigenvalue weighted by atomic mass is 10.1. The van der Waals surface area contributed by atoms with Gasteiger partial charge in [0.1, 0.15) is 0 Å². The lowest BCUT2D eigenvalue weighted by Crippen LogP contribution is -2.11. The molecular weight excluding hydrogens is 347 g/mol. The number of nitrogens with zero attached hydrogens (tertiary/aromatic N) is 2. The first-order chi connectivity index (χ1) is 10.8. The predicted molar refractivity (Wildman–Crippen MR) is 108 cm³/mol. The molecule has 1 unspecified atom stereocenters. The van der Waals surface area contributed by atoms with E-state index in [0.29, 0.717) is 0 Å². The van der Waals surface area contributed by atoms with Gasteiger partial charge in [0.2, 0.25) is 0 Å². The van der Waals surface area contributed by atoms with Crippen LogP contribution in [0.15, 0.2) is 18.7 Å². The van der Waals surface area contributed by atoms with Crippen LogP contribution in [-0.2, 0) is 6.54 Å². The van der Waals surface area contributed by atoms with Gasteiger partial charge in [0.25, 0.3) is 0 Å². The zero-order valence-corrected chi connectivity index (χ0v) is 17.0. The highest BCUT2D eigenvalue weighted by molar-refractivity contribution is 7.99. The first kappa shape index (κ1) is 23.1. The molecule has 0 bridgehead atoms. The Bertz CT molecular complexity index is 334. The molecule has 2 nitrogen and oxygen atoms in total. The van der Waals surface area contributed by atoms with Crippen molar-refractivity contribution in [2.45, 2.75) is 83.1 Å². The molecule has 0 saturated heterocycles. The summed E-state index contributed by atoms with van der Waals surface area (Å²) in [6.45, 7) is 3.15. The first-order valence-corrected chi connectivity index (χ1v) is 10.6. The molecule has 1 aromatic heterocycles. The summed E-state index contributed by atoms with van der Waals surface area (Å²) in [6.07, 6.45) is 19.7. The van der Waals surface area contributed by atoms with Crippen LogP contribution in [-0.4, -0.2) is 26.4 Å². The van der Waals surface area contributed by atoms with Gasteiger partial charge in [0.15, 0.2) is 0 Å². The van der Waals surface area contributed by atoms with Crippen molar-refractivity contribution in [1.29, 1.82) is 0 Å². The molecule has 136 valence electrons. The SMILES string of the molecule is CCCCCCCCCCCCSCC(Cl)Cn1ccnc1.Cl. The fourth-order valence-electron chi connectivity index (χ4n) is 2.58. The first-order valence-electron chi connectivity index (χ1n) is 9.00. The van der Waals surface area contributed by atoms with Crippen molar-refractivity contribution in [2.75, 3.05) is 11.5 Å². The van der Waals surface area contributed by atoms with Gasteiger partial charge in [-0.25, -0.2) is 4.98 Å². The van der Waals surface area contributed by atoms with Gasteiger partial charge in [-0.1, -0.05) is 64.7 Å². The van der Waals surface area contributed by atoms with E-state index >= 15 is 0 Å². The molecule has 0 N–H and O–H groups in total. The summed E-state index contributed by atoms with van der Waals surface area (Å²) in [7, 11) is 0. The second kappa shape index (κ2) is 17.0. The lowest BCUT2D eigenvalue weighted by Gasteiger charge is -2.09. The fourth-order valence-corrected chi connectivity index (χ4v) is 3.94. The van der Waals surface area contributed by atoms with Gasteiger partial charge in [0, 0.05) is 24.7 Å². The summed E-state index contributed by atoms with van der Waals surface area (Å²) in [5, 5.41) is 0.210. The van der Waals surface area contributed by atoms with Crippen molar-refractivity contribution in [1.82, 2.24) is 9.55 Å². The van der Waals surface area contributed by atoms with Crippen LogP contribution in [0.3, 0.4) is 0 Å². The van der Waals surface area contributed by atoms with Gasteiger partial charge in [-0.2, -0.15) is 11.8 Å². The van der Waals surface area contributed by atoms with Gasteiger partial charge in [-0.15, -0.1) is 24.0 Å². The summed E-state index contributed by atoms with van der Waals surface area (Å²) in [4.78, 5) is 4.04. The molecule has 1 aromatic rings.